The summed E-state index contributed by atoms with van der Waals surface area (Å²) in [5.41, 5.74) is 5.05. The van der Waals surface area contributed by atoms with Crippen molar-refractivity contribution in [2.75, 3.05) is 6.61 Å². The van der Waals surface area contributed by atoms with E-state index < -0.39 is 4.92 Å². The van der Waals surface area contributed by atoms with Crippen LogP contribution in [0.25, 0.3) is 0 Å². The number of hydrogen-bond acceptors (Lipinski definition) is 4. The van der Waals surface area contributed by atoms with Crippen molar-refractivity contribution in [2.24, 2.45) is 11.1 Å². The highest BCUT2D eigenvalue weighted by atomic mass is 35.5. The van der Waals surface area contributed by atoms with Gasteiger partial charge in [-0.25, -0.2) is 0 Å². The van der Waals surface area contributed by atoms with Gasteiger partial charge in [-0.1, -0.05) is 25.4 Å². The van der Waals surface area contributed by atoms with Crippen LogP contribution in [0.1, 0.15) is 26.7 Å². The fourth-order valence-corrected chi connectivity index (χ4v) is 1.72. The number of benzene rings is 1. The molecule has 0 aliphatic rings. The Labute approximate surface area is 122 Å². The molecular weight excluding hydrogens is 282 g/mol. The van der Waals surface area contributed by atoms with Crippen LogP contribution in [-0.2, 0) is 0 Å². The van der Waals surface area contributed by atoms with Gasteiger partial charge in [-0.15, -0.1) is 0 Å². The molecule has 0 aliphatic carbocycles. The topological polar surface area (TPSA) is 102 Å². The molecule has 0 bridgehead atoms. The van der Waals surface area contributed by atoms with E-state index in [1.165, 1.54) is 18.2 Å². The number of rotatable bonds is 7. The molecule has 0 aromatic heterocycles. The highest BCUT2D eigenvalue weighted by Gasteiger charge is 2.21. The van der Waals surface area contributed by atoms with Crippen molar-refractivity contribution in [1.29, 1.82) is 5.41 Å². The van der Waals surface area contributed by atoms with Crippen LogP contribution >= 0.6 is 11.6 Å². The maximum Gasteiger partial charge on any atom is 0.273 e. The summed E-state index contributed by atoms with van der Waals surface area (Å²) in [6, 6.07) is 4.07. The molecule has 0 spiro atoms. The van der Waals surface area contributed by atoms with Crippen molar-refractivity contribution in [2.45, 2.75) is 26.7 Å². The molecule has 0 radical (unpaired) electrons. The summed E-state index contributed by atoms with van der Waals surface area (Å²) >= 11 is 5.92. The molecule has 1 aromatic carbocycles. The van der Waals surface area contributed by atoms with Crippen LogP contribution in [0.5, 0.6) is 5.75 Å². The number of nitro benzene ring substituents is 1. The molecule has 20 heavy (non-hydrogen) atoms. The smallest absolute Gasteiger partial charge is 0.273 e. The first-order valence-corrected chi connectivity index (χ1v) is 6.53. The van der Waals surface area contributed by atoms with Crippen molar-refractivity contribution in [3.8, 4) is 5.75 Å². The van der Waals surface area contributed by atoms with Gasteiger partial charge in [0.15, 0.2) is 0 Å². The molecule has 7 heteroatoms. The van der Waals surface area contributed by atoms with E-state index in [0.29, 0.717) is 30.2 Å². The Bertz CT molecular complexity index is 518. The van der Waals surface area contributed by atoms with Gasteiger partial charge in [0.1, 0.15) is 5.75 Å². The number of halogens is 1. The Morgan fingerprint density at radius 2 is 2.20 bits per heavy atom. The van der Waals surface area contributed by atoms with E-state index in [2.05, 4.69) is 0 Å². The number of hydrogen-bond donors (Lipinski definition) is 2. The number of non-ortho nitro benzene ring substituents is 1. The molecule has 3 N–H and O–H groups in total. The van der Waals surface area contributed by atoms with Crippen LogP contribution < -0.4 is 10.5 Å². The van der Waals surface area contributed by atoms with Gasteiger partial charge in [-0.2, -0.15) is 0 Å². The van der Waals surface area contributed by atoms with Gasteiger partial charge in [0.2, 0.25) is 0 Å². The molecule has 0 atom stereocenters. The van der Waals surface area contributed by atoms with E-state index in [1.54, 1.807) is 0 Å². The van der Waals surface area contributed by atoms with E-state index >= 15 is 0 Å². The second-order valence-electron chi connectivity index (χ2n) is 5.12. The third kappa shape index (κ3) is 4.38. The summed E-state index contributed by atoms with van der Waals surface area (Å²) in [5.74, 6) is 0.423. The summed E-state index contributed by atoms with van der Waals surface area (Å²) in [7, 11) is 0. The standard InChI is InChI=1S/C13H18ClN3O3/c1-13(2,12(15)16)6-3-7-20-11-8-9(17(18)19)4-5-10(11)14/h4-5,8H,3,6-7H2,1-2H3,(H3,15,16). The Hall–Kier alpha value is -1.82. The van der Waals surface area contributed by atoms with E-state index in [1.807, 2.05) is 13.8 Å². The molecule has 110 valence electrons. The number of nitrogens with two attached hydrogens (primary N) is 1. The monoisotopic (exact) mass is 299 g/mol. The minimum absolute atomic E-state index is 0.0616. The second kappa shape index (κ2) is 6.56. The molecule has 1 rings (SSSR count). The molecule has 0 amide bonds. The van der Waals surface area contributed by atoms with Gasteiger partial charge < -0.3 is 10.5 Å². The van der Waals surface area contributed by atoms with Crippen LogP contribution in [0.2, 0.25) is 5.02 Å². The van der Waals surface area contributed by atoms with Gasteiger partial charge in [0, 0.05) is 11.5 Å². The van der Waals surface area contributed by atoms with Crippen molar-refractivity contribution >= 4 is 23.1 Å². The molecule has 0 unspecified atom stereocenters. The average Bonchev–Trinajstić information content (AvgIpc) is 2.36. The van der Waals surface area contributed by atoms with Gasteiger partial charge in [0.05, 0.1) is 28.5 Å². The van der Waals surface area contributed by atoms with Crippen molar-refractivity contribution in [1.82, 2.24) is 0 Å². The van der Waals surface area contributed by atoms with Crippen molar-refractivity contribution in [3.05, 3.63) is 33.3 Å². The van der Waals surface area contributed by atoms with Crippen molar-refractivity contribution < 1.29 is 9.66 Å². The van der Waals surface area contributed by atoms with Gasteiger partial charge in [-0.05, 0) is 18.9 Å². The molecule has 0 aliphatic heterocycles. The zero-order valence-electron chi connectivity index (χ0n) is 11.5. The maximum absolute atomic E-state index is 10.7. The SMILES string of the molecule is CC(C)(CCCOc1cc([N+](=O)[O-])ccc1Cl)C(=N)N. The first-order chi connectivity index (χ1) is 9.24. The lowest BCUT2D eigenvalue weighted by atomic mass is 9.87. The summed E-state index contributed by atoms with van der Waals surface area (Å²) in [5, 5.41) is 18.5. The summed E-state index contributed by atoms with van der Waals surface area (Å²) < 4.78 is 5.46. The molecule has 1 aromatic rings. The summed E-state index contributed by atoms with van der Waals surface area (Å²) in [6.07, 6.45) is 1.36. The number of ether oxygens (including phenoxy) is 1. The van der Waals surface area contributed by atoms with Crippen LogP contribution in [0.3, 0.4) is 0 Å². The Morgan fingerprint density at radius 1 is 1.55 bits per heavy atom. The fraction of sp³-hybridized carbons (Fsp3) is 0.462. The number of nitro groups is 1. The predicted octanol–water partition coefficient (Wildman–Crippen LogP) is 3.37. The quantitative estimate of drug-likeness (QED) is 0.265. The van der Waals surface area contributed by atoms with E-state index in [9.17, 15) is 10.1 Å². The second-order valence-corrected chi connectivity index (χ2v) is 5.53. The first-order valence-electron chi connectivity index (χ1n) is 6.15. The third-order valence-electron chi connectivity index (χ3n) is 3.06. The lowest BCUT2D eigenvalue weighted by molar-refractivity contribution is -0.384. The summed E-state index contributed by atoms with van der Waals surface area (Å²) in [4.78, 5) is 10.2. The van der Waals surface area contributed by atoms with Crippen LogP contribution in [0.4, 0.5) is 5.69 Å². The van der Waals surface area contributed by atoms with Crippen LogP contribution in [-0.4, -0.2) is 17.4 Å². The maximum atomic E-state index is 10.7. The lowest BCUT2D eigenvalue weighted by Gasteiger charge is -2.22. The third-order valence-corrected chi connectivity index (χ3v) is 3.37. The molecule has 0 fully saturated rings. The van der Waals surface area contributed by atoms with E-state index in [-0.39, 0.29) is 16.9 Å². The Kier molecular flexibility index (Phi) is 5.33. The molecule has 6 nitrogen and oxygen atoms in total. The molecular formula is C13H18ClN3O3. The Morgan fingerprint density at radius 3 is 2.75 bits per heavy atom. The number of amidine groups is 1. The zero-order chi connectivity index (χ0) is 15.3. The normalized spacial score (nSPS) is 11.2. The predicted molar refractivity (Wildman–Crippen MR) is 78.5 cm³/mol. The van der Waals surface area contributed by atoms with Gasteiger partial charge in [0.25, 0.3) is 5.69 Å². The van der Waals surface area contributed by atoms with Gasteiger partial charge >= 0.3 is 0 Å². The lowest BCUT2D eigenvalue weighted by Crippen LogP contribution is -2.31. The Balaban J connectivity index is 2.56. The van der Waals surface area contributed by atoms with Gasteiger partial charge in [-0.3, -0.25) is 15.5 Å². The van der Waals surface area contributed by atoms with Crippen LogP contribution in [0.15, 0.2) is 18.2 Å². The summed E-state index contributed by atoms with van der Waals surface area (Å²) in [6.45, 7) is 4.13. The number of nitrogens with one attached hydrogen (secondary N) is 1. The highest BCUT2D eigenvalue weighted by Crippen LogP contribution is 2.29. The molecule has 0 saturated carbocycles. The average molecular weight is 300 g/mol. The van der Waals surface area contributed by atoms with Crippen LogP contribution in [0, 0.1) is 20.9 Å². The van der Waals surface area contributed by atoms with Crippen molar-refractivity contribution in [3.63, 3.8) is 0 Å². The molecule has 0 heterocycles. The minimum atomic E-state index is -0.498. The largest absolute Gasteiger partial charge is 0.492 e. The van der Waals surface area contributed by atoms with E-state index in [0.717, 1.165) is 0 Å². The van der Waals surface area contributed by atoms with E-state index in [4.69, 9.17) is 27.5 Å². The minimum Gasteiger partial charge on any atom is -0.492 e. The highest BCUT2D eigenvalue weighted by molar-refractivity contribution is 6.32. The molecule has 0 saturated heterocycles. The number of nitrogens with zero attached hydrogens (tertiary/aromatic N) is 1. The zero-order valence-corrected chi connectivity index (χ0v) is 12.2. The fourth-order valence-electron chi connectivity index (χ4n) is 1.55. The first kappa shape index (κ1) is 16.2.